The third kappa shape index (κ3) is 2.87. The van der Waals surface area contributed by atoms with Crippen molar-refractivity contribution in [2.75, 3.05) is 0 Å². The van der Waals surface area contributed by atoms with E-state index in [9.17, 15) is 13.2 Å². The minimum absolute atomic E-state index is 0.0682. The van der Waals surface area contributed by atoms with Gasteiger partial charge in [-0.1, -0.05) is 0 Å². The summed E-state index contributed by atoms with van der Waals surface area (Å²) in [5, 5.41) is 0. The van der Waals surface area contributed by atoms with Gasteiger partial charge in [0.05, 0.1) is 15.5 Å². The first-order valence-electron chi connectivity index (χ1n) is 5.93. The standard InChI is InChI=1S/C14H8BrF3N2O/c15-9-5-11-12(6-10(9)16)20-13(19-11)7-1-3-8(4-2-7)21-14(17)18/h1-6,14H,(H,19,20). The molecule has 0 spiro atoms. The smallest absolute Gasteiger partial charge is 0.387 e. The molecule has 108 valence electrons. The van der Waals surface area contributed by atoms with Crippen molar-refractivity contribution >= 4 is 27.0 Å². The van der Waals surface area contributed by atoms with E-state index in [1.807, 2.05) is 0 Å². The molecule has 21 heavy (non-hydrogen) atoms. The van der Waals surface area contributed by atoms with Gasteiger partial charge in [-0.2, -0.15) is 8.78 Å². The predicted octanol–water partition coefficient (Wildman–Crippen LogP) is 4.73. The number of ether oxygens (including phenoxy) is 1. The van der Waals surface area contributed by atoms with Gasteiger partial charge < -0.3 is 9.72 Å². The molecule has 1 aromatic heterocycles. The van der Waals surface area contributed by atoms with Gasteiger partial charge in [0.15, 0.2) is 0 Å². The number of halogens is 4. The summed E-state index contributed by atoms with van der Waals surface area (Å²) >= 11 is 3.10. The Labute approximate surface area is 125 Å². The molecule has 3 aromatic rings. The predicted molar refractivity (Wildman–Crippen MR) is 75.8 cm³/mol. The second-order valence-corrected chi connectivity index (χ2v) is 5.13. The van der Waals surface area contributed by atoms with E-state index in [1.54, 1.807) is 18.2 Å². The van der Waals surface area contributed by atoms with Gasteiger partial charge in [-0.3, -0.25) is 0 Å². The Bertz CT molecular complexity index is 748. The average Bonchev–Trinajstić information content (AvgIpc) is 2.82. The van der Waals surface area contributed by atoms with E-state index >= 15 is 0 Å². The van der Waals surface area contributed by atoms with Crippen LogP contribution in [0.2, 0.25) is 0 Å². The zero-order valence-corrected chi connectivity index (χ0v) is 12.0. The van der Waals surface area contributed by atoms with Gasteiger partial charge in [-0.05, 0) is 46.3 Å². The van der Waals surface area contributed by atoms with Crippen molar-refractivity contribution in [2.24, 2.45) is 0 Å². The van der Waals surface area contributed by atoms with E-state index in [1.165, 1.54) is 18.2 Å². The number of benzene rings is 2. The highest BCUT2D eigenvalue weighted by atomic mass is 79.9. The van der Waals surface area contributed by atoms with Crippen LogP contribution in [0.3, 0.4) is 0 Å². The molecular weight excluding hydrogens is 349 g/mol. The summed E-state index contributed by atoms with van der Waals surface area (Å²) in [5.41, 5.74) is 1.84. The number of hydrogen-bond acceptors (Lipinski definition) is 2. The van der Waals surface area contributed by atoms with E-state index < -0.39 is 12.4 Å². The number of H-pyrrole nitrogens is 1. The van der Waals surface area contributed by atoms with Gasteiger partial charge in [0.2, 0.25) is 0 Å². The number of hydrogen-bond donors (Lipinski definition) is 1. The minimum Gasteiger partial charge on any atom is -0.435 e. The van der Waals surface area contributed by atoms with Crippen LogP contribution in [0, 0.1) is 5.82 Å². The van der Waals surface area contributed by atoms with E-state index in [0.717, 1.165) is 0 Å². The van der Waals surface area contributed by atoms with E-state index in [0.29, 0.717) is 26.9 Å². The van der Waals surface area contributed by atoms with Crippen molar-refractivity contribution in [1.29, 1.82) is 0 Å². The fourth-order valence-electron chi connectivity index (χ4n) is 1.94. The Morgan fingerprint density at radius 2 is 1.86 bits per heavy atom. The SMILES string of the molecule is Fc1cc2[nH]c(-c3ccc(OC(F)F)cc3)nc2cc1Br. The maximum atomic E-state index is 13.5. The first-order valence-corrected chi connectivity index (χ1v) is 6.72. The number of fused-ring (bicyclic) bond motifs is 1. The number of rotatable bonds is 3. The number of nitrogens with zero attached hydrogens (tertiary/aromatic N) is 1. The summed E-state index contributed by atoms with van der Waals surface area (Å²) in [6.07, 6.45) is 0. The Morgan fingerprint density at radius 3 is 2.52 bits per heavy atom. The van der Waals surface area contributed by atoms with Crippen LogP contribution in [0.5, 0.6) is 5.75 Å². The molecule has 0 fully saturated rings. The Morgan fingerprint density at radius 1 is 1.14 bits per heavy atom. The lowest BCUT2D eigenvalue weighted by Crippen LogP contribution is -2.01. The van der Waals surface area contributed by atoms with Gasteiger partial charge in [0.1, 0.15) is 17.4 Å². The van der Waals surface area contributed by atoms with Crippen LogP contribution in [0.15, 0.2) is 40.9 Å². The third-order valence-electron chi connectivity index (χ3n) is 2.88. The van der Waals surface area contributed by atoms with E-state index in [4.69, 9.17) is 0 Å². The molecule has 0 atom stereocenters. The number of aromatic nitrogens is 2. The second-order valence-electron chi connectivity index (χ2n) is 4.27. The van der Waals surface area contributed by atoms with Crippen molar-refractivity contribution < 1.29 is 17.9 Å². The molecule has 1 N–H and O–H groups in total. The first kappa shape index (κ1) is 13.9. The van der Waals surface area contributed by atoms with Gasteiger partial charge in [-0.25, -0.2) is 9.37 Å². The number of imidazole rings is 1. The van der Waals surface area contributed by atoms with E-state index in [2.05, 4.69) is 30.6 Å². The molecule has 0 saturated heterocycles. The lowest BCUT2D eigenvalue weighted by Gasteiger charge is -2.04. The maximum absolute atomic E-state index is 13.5. The van der Waals surface area contributed by atoms with Crippen molar-refractivity contribution in [2.45, 2.75) is 6.61 Å². The van der Waals surface area contributed by atoms with Crippen molar-refractivity contribution in [3.05, 3.63) is 46.7 Å². The molecule has 1 heterocycles. The van der Waals surface area contributed by atoms with Crippen LogP contribution in [0.25, 0.3) is 22.4 Å². The van der Waals surface area contributed by atoms with Gasteiger partial charge >= 0.3 is 6.61 Å². The summed E-state index contributed by atoms with van der Waals surface area (Å²) in [6, 6.07) is 8.95. The Kier molecular flexibility index (Phi) is 3.59. The minimum atomic E-state index is -2.86. The van der Waals surface area contributed by atoms with Crippen LogP contribution in [0.1, 0.15) is 0 Å². The zero-order chi connectivity index (χ0) is 15.0. The lowest BCUT2D eigenvalue weighted by molar-refractivity contribution is -0.0498. The largest absolute Gasteiger partial charge is 0.435 e. The molecule has 0 bridgehead atoms. The number of alkyl halides is 2. The average molecular weight is 357 g/mol. The first-order chi connectivity index (χ1) is 10.0. The highest BCUT2D eigenvalue weighted by Crippen LogP contribution is 2.26. The Balaban J connectivity index is 1.96. The normalized spacial score (nSPS) is 11.3. The van der Waals surface area contributed by atoms with Crippen LogP contribution in [0.4, 0.5) is 13.2 Å². The molecule has 0 aliphatic heterocycles. The molecule has 0 saturated carbocycles. The summed E-state index contributed by atoms with van der Waals surface area (Å²) in [5.74, 6) is 0.197. The van der Waals surface area contributed by atoms with Crippen LogP contribution < -0.4 is 4.74 Å². The van der Waals surface area contributed by atoms with Crippen molar-refractivity contribution in [1.82, 2.24) is 9.97 Å². The molecule has 0 radical (unpaired) electrons. The topological polar surface area (TPSA) is 37.9 Å². The molecule has 7 heteroatoms. The molecule has 3 nitrogen and oxygen atoms in total. The zero-order valence-electron chi connectivity index (χ0n) is 10.4. The van der Waals surface area contributed by atoms with Gasteiger partial charge in [0, 0.05) is 11.6 Å². The summed E-state index contributed by atoms with van der Waals surface area (Å²) < 4.78 is 42.2. The summed E-state index contributed by atoms with van der Waals surface area (Å²) in [7, 11) is 0. The molecule has 0 aliphatic rings. The second kappa shape index (κ2) is 5.40. The fraction of sp³-hybridized carbons (Fsp3) is 0.0714. The molecular formula is C14H8BrF3N2O. The highest BCUT2D eigenvalue weighted by Gasteiger charge is 2.10. The molecule has 2 aromatic carbocycles. The Hall–Kier alpha value is -2.02. The molecule has 0 unspecified atom stereocenters. The quantitative estimate of drug-likeness (QED) is 0.736. The van der Waals surface area contributed by atoms with Gasteiger partial charge in [0.25, 0.3) is 0 Å². The van der Waals surface area contributed by atoms with Crippen molar-refractivity contribution in [3.63, 3.8) is 0 Å². The lowest BCUT2D eigenvalue weighted by atomic mass is 10.2. The van der Waals surface area contributed by atoms with Crippen LogP contribution >= 0.6 is 15.9 Å². The summed E-state index contributed by atoms with van der Waals surface area (Å²) in [6.45, 7) is -2.86. The third-order valence-corrected chi connectivity index (χ3v) is 3.48. The van der Waals surface area contributed by atoms with Crippen molar-refractivity contribution in [3.8, 4) is 17.1 Å². The summed E-state index contributed by atoms with van der Waals surface area (Å²) in [4.78, 5) is 7.31. The molecule has 3 rings (SSSR count). The fourth-order valence-corrected chi connectivity index (χ4v) is 2.27. The monoisotopic (exact) mass is 356 g/mol. The van der Waals surface area contributed by atoms with Gasteiger partial charge in [-0.15, -0.1) is 0 Å². The van der Waals surface area contributed by atoms with Crippen LogP contribution in [-0.4, -0.2) is 16.6 Å². The van der Waals surface area contributed by atoms with Crippen LogP contribution in [-0.2, 0) is 0 Å². The molecule has 0 amide bonds. The van der Waals surface area contributed by atoms with E-state index in [-0.39, 0.29) is 5.75 Å². The molecule has 0 aliphatic carbocycles. The highest BCUT2D eigenvalue weighted by molar-refractivity contribution is 9.10. The maximum Gasteiger partial charge on any atom is 0.387 e. The number of aromatic amines is 1. The number of nitrogens with one attached hydrogen (secondary N) is 1.